The van der Waals surface area contributed by atoms with Crippen molar-refractivity contribution < 1.29 is 49.3 Å². The van der Waals surface area contributed by atoms with Crippen molar-refractivity contribution in [3.8, 4) is 0 Å². The van der Waals surface area contributed by atoms with Crippen LogP contribution in [0.25, 0.3) is 0 Å². The molecule has 1 rings (SSSR count). The Bertz CT molecular complexity index is 1360. The number of aliphatic hydroxyl groups excluding tert-OH is 5. The number of nitrogens with one attached hydrogen (secondary N) is 1. The number of hydrogen-bond donors (Lipinski definition) is 6. The van der Waals surface area contributed by atoms with Gasteiger partial charge in [-0.3, -0.25) is 9.59 Å². The van der Waals surface area contributed by atoms with Crippen molar-refractivity contribution in [3.05, 3.63) is 60.8 Å². The first-order valence-corrected chi connectivity index (χ1v) is 29.1. The fraction of sp³-hybridized carbons (Fsp3) is 0.800. The molecule has 0 aromatic rings. The standard InChI is InChI=1S/C60H107NO10/c1-3-5-7-9-11-13-15-17-22-26-30-34-38-42-46-53(63)52(51-70-60-59(68)58(67)57(66)54(50-62)71-60)61-55(64)47-43-39-35-31-27-23-20-19-21-25-29-33-37-41-45-49-69-56(65)48-44-40-36-32-28-24-18-16-14-12-10-8-6-4-2/h10,12,16,18-19,21,25,29,42,46,52-54,57-60,62-63,66-68H,3-9,11,13-15,17,20,22-24,26-28,30-41,43-45,47-51H2,1-2H3,(H,61,64)/b12-10-,18-16-,21-19-,29-25-,46-42+. The van der Waals surface area contributed by atoms with Gasteiger partial charge in [0.25, 0.3) is 0 Å². The third-order valence-corrected chi connectivity index (χ3v) is 13.4. The number of aliphatic hydroxyl groups is 5. The third-order valence-electron chi connectivity index (χ3n) is 13.4. The Morgan fingerprint density at radius 1 is 0.535 bits per heavy atom. The van der Waals surface area contributed by atoms with Gasteiger partial charge in [-0.05, 0) is 89.9 Å². The number of carbonyl (C=O) groups excluding carboxylic acids is 2. The van der Waals surface area contributed by atoms with Crippen LogP contribution < -0.4 is 5.32 Å². The van der Waals surface area contributed by atoms with Crippen LogP contribution >= 0.6 is 0 Å². The molecule has 7 atom stereocenters. The maximum Gasteiger partial charge on any atom is 0.305 e. The van der Waals surface area contributed by atoms with Gasteiger partial charge in [0.2, 0.25) is 5.91 Å². The van der Waals surface area contributed by atoms with E-state index in [0.29, 0.717) is 19.4 Å². The fourth-order valence-electron chi connectivity index (χ4n) is 8.68. The molecule has 0 aliphatic carbocycles. The molecular formula is C60H107NO10. The molecule has 11 nitrogen and oxygen atoms in total. The molecule has 0 radical (unpaired) electrons. The third kappa shape index (κ3) is 39.5. The van der Waals surface area contributed by atoms with E-state index in [1.165, 1.54) is 103 Å². The molecule has 6 N–H and O–H groups in total. The Labute approximate surface area is 433 Å². The Balaban J connectivity index is 2.18. The van der Waals surface area contributed by atoms with E-state index in [2.05, 4.69) is 67.8 Å². The molecule has 1 heterocycles. The number of unbranched alkanes of at least 4 members (excludes halogenated alkanes) is 28. The highest BCUT2D eigenvalue weighted by molar-refractivity contribution is 5.76. The monoisotopic (exact) mass is 1000 g/mol. The SMILES string of the molecule is CCCC/C=C\C/C=C\CCCCCCCC(=O)OCCCCC/C=C\C=C/CCCCCCCCC(=O)NC(COC1OC(CO)C(O)C(O)C1O)C(O)/C=C/CCCCCCCCCCCCCC. The predicted octanol–water partition coefficient (Wildman–Crippen LogP) is 13.1. The lowest BCUT2D eigenvalue weighted by molar-refractivity contribution is -0.302. The van der Waals surface area contributed by atoms with E-state index in [9.17, 15) is 35.1 Å². The summed E-state index contributed by atoms with van der Waals surface area (Å²) in [6.45, 7) is 4.22. The highest BCUT2D eigenvalue weighted by Gasteiger charge is 2.44. The van der Waals surface area contributed by atoms with Gasteiger partial charge >= 0.3 is 5.97 Å². The molecule has 71 heavy (non-hydrogen) atoms. The molecule has 0 saturated carbocycles. The molecule has 1 fully saturated rings. The van der Waals surface area contributed by atoms with Gasteiger partial charge in [-0.1, -0.05) is 203 Å². The van der Waals surface area contributed by atoms with Crippen molar-refractivity contribution in [2.24, 2.45) is 0 Å². The lowest BCUT2D eigenvalue weighted by Gasteiger charge is -2.40. The average Bonchev–Trinajstić information content (AvgIpc) is 3.37. The molecule has 412 valence electrons. The molecule has 1 saturated heterocycles. The van der Waals surface area contributed by atoms with Gasteiger partial charge in [0, 0.05) is 12.8 Å². The predicted molar refractivity (Wildman–Crippen MR) is 292 cm³/mol. The summed E-state index contributed by atoms with van der Waals surface area (Å²) in [6.07, 6.45) is 52.9. The van der Waals surface area contributed by atoms with Crippen LogP contribution in [0.2, 0.25) is 0 Å². The summed E-state index contributed by atoms with van der Waals surface area (Å²) in [4.78, 5) is 25.1. The topological polar surface area (TPSA) is 175 Å². The van der Waals surface area contributed by atoms with E-state index >= 15 is 0 Å². The highest BCUT2D eigenvalue weighted by atomic mass is 16.7. The van der Waals surface area contributed by atoms with Crippen molar-refractivity contribution in [3.63, 3.8) is 0 Å². The lowest BCUT2D eigenvalue weighted by atomic mass is 9.99. The van der Waals surface area contributed by atoms with E-state index in [1.54, 1.807) is 6.08 Å². The Hall–Kier alpha value is -2.64. The van der Waals surface area contributed by atoms with Gasteiger partial charge < -0.3 is 45.1 Å². The second-order valence-electron chi connectivity index (χ2n) is 20.0. The number of esters is 1. The largest absolute Gasteiger partial charge is 0.466 e. The first-order valence-electron chi connectivity index (χ1n) is 29.1. The zero-order valence-electron chi connectivity index (χ0n) is 45.2. The zero-order valence-corrected chi connectivity index (χ0v) is 45.2. The Morgan fingerprint density at radius 2 is 1.00 bits per heavy atom. The van der Waals surface area contributed by atoms with Crippen molar-refractivity contribution in [1.82, 2.24) is 5.32 Å². The summed E-state index contributed by atoms with van der Waals surface area (Å²) in [7, 11) is 0. The van der Waals surface area contributed by atoms with Crippen molar-refractivity contribution in [2.45, 2.75) is 288 Å². The van der Waals surface area contributed by atoms with Crippen LogP contribution in [0.5, 0.6) is 0 Å². The van der Waals surface area contributed by atoms with Crippen LogP contribution in [0.1, 0.15) is 245 Å². The van der Waals surface area contributed by atoms with Crippen molar-refractivity contribution in [1.29, 1.82) is 0 Å². The number of carbonyl (C=O) groups is 2. The van der Waals surface area contributed by atoms with E-state index in [4.69, 9.17) is 14.2 Å². The summed E-state index contributed by atoms with van der Waals surface area (Å²) >= 11 is 0. The first kappa shape index (κ1) is 66.4. The number of hydrogen-bond acceptors (Lipinski definition) is 10. The molecule has 1 aliphatic heterocycles. The summed E-state index contributed by atoms with van der Waals surface area (Å²) in [5.41, 5.74) is 0. The van der Waals surface area contributed by atoms with Gasteiger partial charge in [0.1, 0.15) is 24.4 Å². The van der Waals surface area contributed by atoms with Crippen LogP contribution in [0.3, 0.4) is 0 Å². The molecule has 1 aliphatic rings. The zero-order chi connectivity index (χ0) is 51.7. The van der Waals surface area contributed by atoms with Gasteiger partial charge in [-0.25, -0.2) is 0 Å². The molecule has 11 heteroatoms. The highest BCUT2D eigenvalue weighted by Crippen LogP contribution is 2.23. The molecule has 0 bridgehead atoms. The Kier molecular flexibility index (Phi) is 46.3. The smallest absolute Gasteiger partial charge is 0.305 e. The fourth-order valence-corrected chi connectivity index (χ4v) is 8.68. The summed E-state index contributed by atoms with van der Waals surface area (Å²) in [6, 6.07) is -0.828. The number of rotatable bonds is 49. The van der Waals surface area contributed by atoms with Gasteiger partial charge in [0.05, 0.1) is 32.0 Å². The van der Waals surface area contributed by atoms with Gasteiger partial charge in [-0.15, -0.1) is 0 Å². The minimum atomic E-state index is -1.58. The quantitative estimate of drug-likeness (QED) is 0.0149. The van der Waals surface area contributed by atoms with Gasteiger partial charge in [-0.2, -0.15) is 0 Å². The molecule has 7 unspecified atom stereocenters. The van der Waals surface area contributed by atoms with E-state index in [1.807, 2.05) is 6.08 Å². The second-order valence-corrected chi connectivity index (χ2v) is 20.0. The minimum absolute atomic E-state index is 0.0563. The van der Waals surface area contributed by atoms with Crippen molar-refractivity contribution in [2.75, 3.05) is 19.8 Å². The second kappa shape index (κ2) is 49.6. The van der Waals surface area contributed by atoms with Crippen LogP contribution in [0.15, 0.2) is 60.8 Å². The maximum atomic E-state index is 13.0. The summed E-state index contributed by atoms with van der Waals surface area (Å²) < 4.78 is 16.7. The number of ether oxygens (including phenoxy) is 3. The first-order chi connectivity index (χ1) is 34.7. The molecule has 0 aromatic carbocycles. The van der Waals surface area contributed by atoms with Crippen LogP contribution in [-0.2, 0) is 23.8 Å². The van der Waals surface area contributed by atoms with Crippen LogP contribution in [-0.4, -0.2) is 100 Å². The molecule has 0 aromatic heterocycles. The van der Waals surface area contributed by atoms with E-state index < -0.39 is 49.5 Å². The van der Waals surface area contributed by atoms with Crippen LogP contribution in [0, 0.1) is 0 Å². The average molecular weight is 1000 g/mol. The lowest BCUT2D eigenvalue weighted by Crippen LogP contribution is -2.60. The Morgan fingerprint density at radius 3 is 1.55 bits per heavy atom. The van der Waals surface area contributed by atoms with Crippen molar-refractivity contribution >= 4 is 11.9 Å². The number of amides is 1. The maximum absolute atomic E-state index is 13.0. The van der Waals surface area contributed by atoms with E-state index in [-0.39, 0.29) is 18.5 Å². The summed E-state index contributed by atoms with van der Waals surface area (Å²) in [5, 5.41) is 54.4. The molecular weight excluding hydrogens is 895 g/mol. The van der Waals surface area contributed by atoms with E-state index in [0.717, 1.165) is 116 Å². The summed E-state index contributed by atoms with van der Waals surface area (Å²) in [5.74, 6) is -0.262. The normalized spacial score (nSPS) is 19.6. The van der Waals surface area contributed by atoms with Crippen LogP contribution in [0.4, 0.5) is 0 Å². The van der Waals surface area contributed by atoms with Gasteiger partial charge in [0.15, 0.2) is 6.29 Å². The minimum Gasteiger partial charge on any atom is -0.466 e. The molecule has 1 amide bonds. The number of allylic oxidation sites excluding steroid dienone is 9. The molecule has 0 spiro atoms.